The van der Waals surface area contributed by atoms with Crippen molar-refractivity contribution in [3.63, 3.8) is 0 Å². The van der Waals surface area contributed by atoms with Crippen LogP contribution in [0.2, 0.25) is 5.02 Å². The van der Waals surface area contributed by atoms with Crippen molar-refractivity contribution in [2.45, 2.75) is 13.0 Å². The molecule has 0 unspecified atom stereocenters. The van der Waals surface area contributed by atoms with Crippen LogP contribution in [-0.2, 0) is 9.53 Å². The van der Waals surface area contributed by atoms with E-state index in [4.69, 9.17) is 21.4 Å². The Bertz CT molecular complexity index is 368. The van der Waals surface area contributed by atoms with E-state index in [2.05, 4.69) is 0 Å². The summed E-state index contributed by atoms with van der Waals surface area (Å²) in [6.45, 7) is 0.824. The third-order valence-electron chi connectivity index (χ3n) is 1.78. The molecule has 0 aliphatic heterocycles. The molecule has 0 saturated carbocycles. The Hall–Kier alpha value is -1.13. The topological polar surface area (TPSA) is 46.5 Å². The van der Waals surface area contributed by atoms with Crippen LogP contribution in [-0.4, -0.2) is 17.7 Å². The first-order chi connectivity index (χ1) is 7.04. The van der Waals surface area contributed by atoms with Gasteiger partial charge < -0.3 is 9.84 Å². The Morgan fingerprint density at radius 1 is 1.67 bits per heavy atom. The first-order valence-corrected chi connectivity index (χ1v) is 4.65. The van der Waals surface area contributed by atoms with Gasteiger partial charge >= 0.3 is 5.97 Å². The smallest absolute Gasteiger partial charge is 0.303 e. The number of hydrogen-bond acceptors (Lipinski definition) is 3. The molecule has 15 heavy (non-hydrogen) atoms. The van der Waals surface area contributed by atoms with Gasteiger partial charge in [-0.15, -0.1) is 0 Å². The molecule has 1 rings (SSSR count). The highest BCUT2D eigenvalue weighted by Crippen LogP contribution is 2.26. The largest absolute Gasteiger partial charge is 0.455 e. The molecular formula is C10H10ClFO3. The van der Waals surface area contributed by atoms with E-state index in [1.54, 1.807) is 0 Å². The molecule has 0 aliphatic carbocycles. The van der Waals surface area contributed by atoms with Gasteiger partial charge in [-0.2, -0.15) is 0 Å². The molecule has 0 fully saturated rings. The van der Waals surface area contributed by atoms with E-state index in [9.17, 15) is 9.18 Å². The fourth-order valence-corrected chi connectivity index (χ4v) is 1.45. The average molecular weight is 233 g/mol. The lowest BCUT2D eigenvalue weighted by molar-refractivity contribution is -0.148. The number of halogens is 2. The molecule has 0 aromatic heterocycles. The molecule has 1 N–H and O–H groups in total. The zero-order valence-corrected chi connectivity index (χ0v) is 8.79. The quantitative estimate of drug-likeness (QED) is 0.812. The van der Waals surface area contributed by atoms with Crippen molar-refractivity contribution in [3.8, 4) is 0 Å². The van der Waals surface area contributed by atoms with Gasteiger partial charge in [0.25, 0.3) is 0 Å². The van der Waals surface area contributed by atoms with Gasteiger partial charge in [0.15, 0.2) is 6.10 Å². The summed E-state index contributed by atoms with van der Waals surface area (Å²) in [5.41, 5.74) is 0.385. The summed E-state index contributed by atoms with van der Waals surface area (Å²) in [6, 6.07) is 3.66. The molecule has 1 aromatic carbocycles. The summed E-state index contributed by atoms with van der Waals surface area (Å²) in [5.74, 6) is -1.02. The molecule has 82 valence electrons. The van der Waals surface area contributed by atoms with Gasteiger partial charge in [-0.25, -0.2) is 4.39 Å². The van der Waals surface area contributed by atoms with E-state index in [1.165, 1.54) is 19.1 Å². The molecule has 0 radical (unpaired) electrons. The summed E-state index contributed by atoms with van der Waals surface area (Å²) in [4.78, 5) is 10.7. The van der Waals surface area contributed by atoms with Crippen LogP contribution in [0.4, 0.5) is 4.39 Å². The number of esters is 1. The number of aliphatic hydroxyl groups excluding tert-OH is 1. The Morgan fingerprint density at radius 2 is 2.33 bits per heavy atom. The standard InChI is InChI=1S/C10H10ClFO3/c1-6(14)15-10(5-13)8-3-2-7(12)4-9(8)11/h2-4,10,13H,5H2,1H3/t10-/m0/s1. The normalized spacial score (nSPS) is 12.3. The molecule has 0 amide bonds. The second-order valence-electron chi connectivity index (χ2n) is 2.95. The van der Waals surface area contributed by atoms with Gasteiger partial charge in [-0.3, -0.25) is 4.79 Å². The van der Waals surface area contributed by atoms with E-state index in [-0.39, 0.29) is 5.02 Å². The van der Waals surface area contributed by atoms with Crippen LogP contribution in [0.5, 0.6) is 0 Å². The van der Waals surface area contributed by atoms with Crippen molar-refractivity contribution in [3.05, 3.63) is 34.6 Å². The monoisotopic (exact) mass is 232 g/mol. The highest BCUT2D eigenvalue weighted by atomic mass is 35.5. The Kier molecular flexibility index (Phi) is 4.05. The van der Waals surface area contributed by atoms with Crippen molar-refractivity contribution in [2.24, 2.45) is 0 Å². The summed E-state index contributed by atoms with van der Waals surface area (Å²) in [6.07, 6.45) is -0.851. The van der Waals surface area contributed by atoms with Gasteiger partial charge in [-0.1, -0.05) is 17.7 Å². The summed E-state index contributed by atoms with van der Waals surface area (Å²) in [5, 5.41) is 9.11. The summed E-state index contributed by atoms with van der Waals surface area (Å²) < 4.78 is 17.5. The number of carbonyl (C=O) groups excluding carboxylic acids is 1. The second kappa shape index (κ2) is 5.09. The molecule has 0 saturated heterocycles. The molecule has 0 spiro atoms. The van der Waals surface area contributed by atoms with Crippen molar-refractivity contribution in [1.29, 1.82) is 0 Å². The van der Waals surface area contributed by atoms with E-state index >= 15 is 0 Å². The minimum atomic E-state index is -0.851. The predicted octanol–water partition coefficient (Wildman–Crippen LogP) is 2.08. The molecule has 3 nitrogen and oxygen atoms in total. The average Bonchev–Trinajstić information content (AvgIpc) is 2.14. The van der Waals surface area contributed by atoms with Crippen LogP contribution in [0.3, 0.4) is 0 Å². The van der Waals surface area contributed by atoms with E-state index in [0.717, 1.165) is 6.07 Å². The number of ether oxygens (including phenoxy) is 1. The number of aliphatic hydroxyl groups is 1. The van der Waals surface area contributed by atoms with Crippen LogP contribution >= 0.6 is 11.6 Å². The van der Waals surface area contributed by atoms with Crippen LogP contribution in [0.1, 0.15) is 18.6 Å². The zero-order chi connectivity index (χ0) is 11.4. The third-order valence-corrected chi connectivity index (χ3v) is 2.11. The first kappa shape index (κ1) is 11.9. The Morgan fingerprint density at radius 3 is 2.80 bits per heavy atom. The van der Waals surface area contributed by atoms with Crippen LogP contribution in [0.15, 0.2) is 18.2 Å². The SMILES string of the molecule is CC(=O)O[C@@H](CO)c1ccc(F)cc1Cl. The molecule has 1 atom stereocenters. The fraction of sp³-hybridized carbons (Fsp3) is 0.300. The lowest BCUT2D eigenvalue weighted by atomic mass is 10.1. The van der Waals surface area contributed by atoms with Gasteiger partial charge in [0.1, 0.15) is 5.82 Å². The molecule has 5 heteroatoms. The van der Waals surface area contributed by atoms with Gasteiger partial charge in [0.05, 0.1) is 11.6 Å². The molecule has 0 bridgehead atoms. The number of carbonyl (C=O) groups is 1. The van der Waals surface area contributed by atoms with Gasteiger partial charge in [-0.05, 0) is 12.1 Å². The van der Waals surface area contributed by atoms with E-state index < -0.39 is 24.5 Å². The van der Waals surface area contributed by atoms with Crippen molar-refractivity contribution in [1.82, 2.24) is 0 Å². The first-order valence-electron chi connectivity index (χ1n) is 4.27. The second-order valence-corrected chi connectivity index (χ2v) is 3.35. The van der Waals surface area contributed by atoms with Crippen LogP contribution in [0.25, 0.3) is 0 Å². The molecule has 0 heterocycles. The van der Waals surface area contributed by atoms with E-state index in [0.29, 0.717) is 5.56 Å². The number of benzene rings is 1. The van der Waals surface area contributed by atoms with Crippen molar-refractivity contribution in [2.75, 3.05) is 6.61 Å². The molecule has 1 aromatic rings. The Balaban J connectivity index is 2.96. The summed E-state index contributed by atoms with van der Waals surface area (Å²) >= 11 is 5.74. The maximum atomic E-state index is 12.7. The van der Waals surface area contributed by atoms with Gasteiger partial charge in [0, 0.05) is 12.5 Å². The lowest BCUT2D eigenvalue weighted by Gasteiger charge is -2.15. The predicted molar refractivity (Wildman–Crippen MR) is 53.0 cm³/mol. The Labute approximate surface area is 91.4 Å². The minimum Gasteiger partial charge on any atom is -0.455 e. The van der Waals surface area contributed by atoms with Crippen LogP contribution < -0.4 is 0 Å². The van der Waals surface area contributed by atoms with Crippen molar-refractivity contribution >= 4 is 17.6 Å². The fourth-order valence-electron chi connectivity index (χ4n) is 1.16. The molecule has 0 aliphatic rings. The number of hydrogen-bond donors (Lipinski definition) is 1. The maximum Gasteiger partial charge on any atom is 0.303 e. The van der Waals surface area contributed by atoms with Gasteiger partial charge in [0.2, 0.25) is 0 Å². The maximum absolute atomic E-state index is 12.7. The van der Waals surface area contributed by atoms with E-state index in [1.807, 2.05) is 0 Å². The molecular weight excluding hydrogens is 223 g/mol. The number of rotatable bonds is 3. The zero-order valence-electron chi connectivity index (χ0n) is 8.04. The lowest BCUT2D eigenvalue weighted by Crippen LogP contribution is -2.12. The van der Waals surface area contributed by atoms with Crippen LogP contribution in [0, 0.1) is 5.82 Å². The van der Waals surface area contributed by atoms with Crippen molar-refractivity contribution < 1.29 is 19.0 Å². The minimum absolute atomic E-state index is 0.121. The highest BCUT2D eigenvalue weighted by molar-refractivity contribution is 6.31. The highest BCUT2D eigenvalue weighted by Gasteiger charge is 2.17. The third kappa shape index (κ3) is 3.18. The summed E-state index contributed by atoms with van der Waals surface area (Å²) in [7, 11) is 0.